The van der Waals surface area contributed by atoms with Crippen LogP contribution in [0.15, 0.2) is 46.9 Å². The van der Waals surface area contributed by atoms with Crippen LogP contribution in [0, 0.1) is 5.82 Å². The van der Waals surface area contributed by atoms with Gasteiger partial charge in [-0.3, -0.25) is 4.90 Å². The topological polar surface area (TPSA) is 27.7 Å². The maximum Gasteiger partial charge on any atom is 0.133 e. The molecule has 156 valence electrons. The van der Waals surface area contributed by atoms with Gasteiger partial charge in [-0.05, 0) is 90.2 Å². The number of rotatable bonds is 5. The monoisotopic (exact) mass is 461 g/mol. The highest BCUT2D eigenvalue weighted by atomic mass is 79.9. The Labute approximate surface area is 181 Å². The number of halogens is 2. The molecule has 0 amide bonds. The summed E-state index contributed by atoms with van der Waals surface area (Å²) in [5.74, 6) is 0.766. The molecule has 6 heteroatoms. The first-order valence-electron chi connectivity index (χ1n) is 10.6. The first-order chi connectivity index (χ1) is 14.2. The van der Waals surface area contributed by atoms with Crippen LogP contribution >= 0.6 is 15.9 Å². The molecule has 2 aliphatic rings. The quantitative estimate of drug-likeness (QED) is 0.712. The van der Waals surface area contributed by atoms with E-state index in [1.165, 1.54) is 5.56 Å². The molecule has 1 N–H and O–H groups in total. The van der Waals surface area contributed by atoms with Gasteiger partial charge in [-0.25, -0.2) is 4.39 Å². The summed E-state index contributed by atoms with van der Waals surface area (Å²) in [5.41, 5.74) is 2.40. The number of hydrogen-bond donors (Lipinski definition) is 1. The van der Waals surface area contributed by atoms with Crippen molar-refractivity contribution in [1.82, 2.24) is 10.2 Å². The highest BCUT2D eigenvalue weighted by Gasteiger charge is 2.18. The van der Waals surface area contributed by atoms with E-state index in [0.29, 0.717) is 6.10 Å². The summed E-state index contributed by atoms with van der Waals surface area (Å²) in [5, 5.41) is 3.37. The number of anilines is 1. The van der Waals surface area contributed by atoms with Gasteiger partial charge in [0.1, 0.15) is 17.7 Å². The fourth-order valence-corrected chi connectivity index (χ4v) is 4.65. The molecular weight excluding hydrogens is 433 g/mol. The Kier molecular flexibility index (Phi) is 7.06. The third-order valence-electron chi connectivity index (χ3n) is 5.76. The highest BCUT2D eigenvalue weighted by molar-refractivity contribution is 9.10. The van der Waals surface area contributed by atoms with Gasteiger partial charge in [0.25, 0.3) is 0 Å². The van der Waals surface area contributed by atoms with Crippen LogP contribution in [0.25, 0.3) is 0 Å². The van der Waals surface area contributed by atoms with Crippen LogP contribution in [0.3, 0.4) is 0 Å². The molecule has 2 saturated heterocycles. The van der Waals surface area contributed by atoms with E-state index in [9.17, 15) is 4.39 Å². The zero-order valence-corrected chi connectivity index (χ0v) is 18.3. The van der Waals surface area contributed by atoms with Crippen molar-refractivity contribution in [1.29, 1.82) is 0 Å². The van der Waals surface area contributed by atoms with Crippen molar-refractivity contribution >= 4 is 21.6 Å². The Bertz CT molecular complexity index is 795. The second kappa shape index (κ2) is 9.92. The summed E-state index contributed by atoms with van der Waals surface area (Å²) in [6.45, 7) is 7.04. The fourth-order valence-electron chi connectivity index (χ4n) is 4.13. The molecule has 4 rings (SSSR count). The highest BCUT2D eigenvalue weighted by Crippen LogP contribution is 2.29. The van der Waals surface area contributed by atoms with Crippen molar-refractivity contribution in [2.45, 2.75) is 31.9 Å². The summed E-state index contributed by atoms with van der Waals surface area (Å²) in [4.78, 5) is 4.85. The van der Waals surface area contributed by atoms with Crippen LogP contribution in [0.4, 0.5) is 10.1 Å². The van der Waals surface area contributed by atoms with Gasteiger partial charge in [-0.2, -0.15) is 0 Å². The Hall–Kier alpha value is -1.63. The van der Waals surface area contributed by atoms with Gasteiger partial charge in [-0.15, -0.1) is 0 Å². The van der Waals surface area contributed by atoms with Gasteiger partial charge < -0.3 is 15.0 Å². The third kappa shape index (κ3) is 5.71. The molecule has 2 fully saturated rings. The van der Waals surface area contributed by atoms with E-state index >= 15 is 0 Å². The molecule has 2 heterocycles. The molecule has 0 bridgehead atoms. The van der Waals surface area contributed by atoms with Crippen molar-refractivity contribution in [3.8, 4) is 5.75 Å². The molecule has 2 aromatic rings. The van der Waals surface area contributed by atoms with Gasteiger partial charge in [0.05, 0.1) is 4.47 Å². The molecule has 0 radical (unpaired) electrons. The summed E-state index contributed by atoms with van der Waals surface area (Å²) in [7, 11) is 0. The minimum Gasteiger partial charge on any atom is -0.489 e. The lowest BCUT2D eigenvalue weighted by molar-refractivity contribution is 0.161. The molecule has 0 aromatic heterocycles. The standard InChI is InChI=1S/C23H29BrFN3O/c24-22-16-18(2-7-23(22)29-21-8-10-26-11-9-21)17-27-12-1-13-28(15-14-27)20-5-3-19(25)4-6-20/h2-7,16,21,26H,1,8-15,17H2. The Balaban J connectivity index is 1.33. The van der Waals surface area contributed by atoms with Gasteiger partial charge in [0.15, 0.2) is 0 Å². The van der Waals surface area contributed by atoms with Crippen LogP contribution in [0.1, 0.15) is 24.8 Å². The SMILES string of the molecule is Fc1ccc(N2CCCN(Cc3ccc(OC4CCNCC4)c(Br)c3)CC2)cc1. The zero-order valence-electron chi connectivity index (χ0n) is 16.7. The second-order valence-electron chi connectivity index (χ2n) is 7.93. The Morgan fingerprint density at radius 3 is 2.55 bits per heavy atom. The third-order valence-corrected chi connectivity index (χ3v) is 6.38. The number of nitrogens with zero attached hydrogens (tertiary/aromatic N) is 2. The predicted octanol–water partition coefficient (Wildman–Crippen LogP) is 4.43. The second-order valence-corrected chi connectivity index (χ2v) is 8.78. The van der Waals surface area contributed by atoms with E-state index in [1.54, 1.807) is 12.1 Å². The molecular formula is C23H29BrFN3O. The van der Waals surface area contributed by atoms with Gasteiger partial charge in [-0.1, -0.05) is 6.07 Å². The minimum absolute atomic E-state index is 0.177. The number of hydrogen-bond acceptors (Lipinski definition) is 4. The van der Waals surface area contributed by atoms with Crippen molar-refractivity contribution in [3.05, 3.63) is 58.3 Å². The van der Waals surface area contributed by atoms with Crippen molar-refractivity contribution in [3.63, 3.8) is 0 Å². The molecule has 0 aliphatic carbocycles. The maximum atomic E-state index is 13.2. The predicted molar refractivity (Wildman–Crippen MR) is 119 cm³/mol. The maximum absolute atomic E-state index is 13.2. The normalized spacial score (nSPS) is 19.2. The van der Waals surface area contributed by atoms with E-state index in [4.69, 9.17) is 4.74 Å². The smallest absolute Gasteiger partial charge is 0.133 e. The lowest BCUT2D eigenvalue weighted by Crippen LogP contribution is -2.34. The van der Waals surface area contributed by atoms with E-state index in [2.05, 4.69) is 49.2 Å². The van der Waals surface area contributed by atoms with E-state index < -0.39 is 0 Å². The lowest BCUT2D eigenvalue weighted by atomic mass is 10.1. The van der Waals surface area contributed by atoms with Crippen LogP contribution in [0.2, 0.25) is 0 Å². The molecule has 0 atom stereocenters. The van der Waals surface area contributed by atoms with Crippen LogP contribution in [-0.2, 0) is 6.54 Å². The summed E-state index contributed by atoms with van der Waals surface area (Å²) < 4.78 is 20.4. The Morgan fingerprint density at radius 1 is 1.00 bits per heavy atom. The first-order valence-corrected chi connectivity index (χ1v) is 11.4. The first kappa shape index (κ1) is 20.6. The molecule has 4 nitrogen and oxygen atoms in total. The summed E-state index contributed by atoms with van der Waals surface area (Å²) >= 11 is 3.70. The zero-order chi connectivity index (χ0) is 20.1. The molecule has 2 aromatic carbocycles. The number of nitrogens with one attached hydrogen (secondary N) is 1. The molecule has 0 saturated carbocycles. The summed E-state index contributed by atoms with van der Waals surface area (Å²) in [6.07, 6.45) is 3.54. The summed E-state index contributed by atoms with van der Waals surface area (Å²) in [6, 6.07) is 13.3. The van der Waals surface area contributed by atoms with E-state index in [1.807, 2.05) is 12.1 Å². The average Bonchev–Trinajstić information content (AvgIpc) is 2.97. The van der Waals surface area contributed by atoms with Gasteiger partial charge in [0, 0.05) is 38.4 Å². The number of ether oxygens (including phenoxy) is 1. The van der Waals surface area contributed by atoms with Gasteiger partial charge in [0.2, 0.25) is 0 Å². The van der Waals surface area contributed by atoms with Crippen LogP contribution in [0.5, 0.6) is 5.75 Å². The number of benzene rings is 2. The van der Waals surface area contributed by atoms with E-state index in [-0.39, 0.29) is 5.82 Å². The molecule has 29 heavy (non-hydrogen) atoms. The molecule has 2 aliphatic heterocycles. The van der Waals surface area contributed by atoms with Crippen LogP contribution < -0.4 is 15.0 Å². The number of piperidine rings is 1. The van der Waals surface area contributed by atoms with E-state index in [0.717, 1.165) is 81.0 Å². The van der Waals surface area contributed by atoms with Crippen molar-refractivity contribution < 1.29 is 9.13 Å². The van der Waals surface area contributed by atoms with Crippen LogP contribution in [-0.4, -0.2) is 50.3 Å². The average molecular weight is 462 g/mol. The Morgan fingerprint density at radius 2 is 1.79 bits per heavy atom. The van der Waals surface area contributed by atoms with Gasteiger partial charge >= 0.3 is 0 Å². The van der Waals surface area contributed by atoms with Crippen molar-refractivity contribution in [2.24, 2.45) is 0 Å². The fraction of sp³-hybridized carbons (Fsp3) is 0.478. The lowest BCUT2D eigenvalue weighted by Gasteiger charge is -2.25. The molecule has 0 unspecified atom stereocenters. The molecule has 0 spiro atoms. The van der Waals surface area contributed by atoms with Crippen molar-refractivity contribution in [2.75, 3.05) is 44.2 Å². The largest absolute Gasteiger partial charge is 0.489 e. The minimum atomic E-state index is -0.177.